The zero-order valence-corrected chi connectivity index (χ0v) is 12.3. The number of hydrogen-bond acceptors (Lipinski definition) is 3. The van der Waals surface area contributed by atoms with E-state index in [0.717, 1.165) is 28.5 Å². The van der Waals surface area contributed by atoms with Crippen LogP contribution in [0.4, 0.5) is 5.69 Å². The number of halogens is 1. The highest BCUT2D eigenvalue weighted by molar-refractivity contribution is 6.30. The van der Waals surface area contributed by atoms with Crippen LogP contribution in [-0.2, 0) is 0 Å². The van der Waals surface area contributed by atoms with Gasteiger partial charge in [0.15, 0.2) is 0 Å². The lowest BCUT2D eigenvalue weighted by molar-refractivity contribution is 0.416. The molecule has 2 aromatic rings. The molecule has 1 aromatic heterocycles. The number of benzene rings is 1. The fraction of sp³-hybridized carbons (Fsp3) is 0.333. The summed E-state index contributed by atoms with van der Waals surface area (Å²) in [6, 6.07) is 7.68. The van der Waals surface area contributed by atoms with E-state index in [1.807, 2.05) is 38.1 Å². The zero-order valence-electron chi connectivity index (χ0n) is 11.6. The van der Waals surface area contributed by atoms with Crippen molar-refractivity contribution in [1.29, 1.82) is 0 Å². The lowest BCUT2D eigenvalue weighted by Gasteiger charge is -2.17. The van der Waals surface area contributed by atoms with Gasteiger partial charge in [-0.05, 0) is 45.0 Å². The van der Waals surface area contributed by atoms with Crippen LogP contribution in [0.1, 0.15) is 30.0 Å². The van der Waals surface area contributed by atoms with Crippen LogP contribution >= 0.6 is 11.6 Å². The maximum atomic E-state index is 6.02. The second-order valence-electron chi connectivity index (χ2n) is 4.58. The molecule has 0 radical (unpaired) electrons. The smallest absolute Gasteiger partial charge is 0.142 e. The molecule has 1 aromatic carbocycles. The van der Waals surface area contributed by atoms with Crippen molar-refractivity contribution in [3.8, 4) is 5.75 Å². The summed E-state index contributed by atoms with van der Waals surface area (Å²) in [5.41, 5.74) is 2.01. The first kappa shape index (κ1) is 13.8. The minimum Gasteiger partial charge on any atom is -0.495 e. The molecule has 4 heteroatoms. The summed E-state index contributed by atoms with van der Waals surface area (Å²) >= 11 is 6.02. The topological polar surface area (TPSA) is 34.4 Å². The Balaban J connectivity index is 2.25. The second-order valence-corrected chi connectivity index (χ2v) is 5.02. The van der Waals surface area contributed by atoms with Crippen molar-refractivity contribution < 1.29 is 9.15 Å². The van der Waals surface area contributed by atoms with Crippen molar-refractivity contribution in [2.75, 3.05) is 12.4 Å². The molecule has 0 bridgehead atoms. The average molecular weight is 280 g/mol. The normalized spacial score (nSPS) is 12.3. The Hall–Kier alpha value is -1.61. The van der Waals surface area contributed by atoms with E-state index in [4.69, 9.17) is 20.8 Å². The molecule has 1 atom stereocenters. The molecule has 1 N–H and O–H groups in total. The molecule has 0 amide bonds. The number of methoxy groups -OCH3 is 1. The van der Waals surface area contributed by atoms with Crippen LogP contribution in [0.2, 0.25) is 5.02 Å². The first-order chi connectivity index (χ1) is 9.01. The highest BCUT2D eigenvalue weighted by Gasteiger charge is 2.14. The van der Waals surface area contributed by atoms with Gasteiger partial charge in [0.2, 0.25) is 0 Å². The van der Waals surface area contributed by atoms with E-state index in [9.17, 15) is 0 Å². The third kappa shape index (κ3) is 3.04. The van der Waals surface area contributed by atoms with Gasteiger partial charge in [0.25, 0.3) is 0 Å². The fourth-order valence-corrected chi connectivity index (χ4v) is 2.36. The van der Waals surface area contributed by atoms with Crippen LogP contribution in [0, 0.1) is 13.8 Å². The quantitative estimate of drug-likeness (QED) is 0.878. The molecule has 1 heterocycles. The number of anilines is 1. The largest absolute Gasteiger partial charge is 0.495 e. The Bertz CT molecular complexity index is 578. The van der Waals surface area contributed by atoms with Gasteiger partial charge < -0.3 is 14.5 Å². The Morgan fingerprint density at radius 2 is 2.00 bits per heavy atom. The molecule has 2 rings (SSSR count). The number of nitrogens with one attached hydrogen (secondary N) is 1. The summed E-state index contributed by atoms with van der Waals surface area (Å²) in [6.45, 7) is 6.00. The van der Waals surface area contributed by atoms with Crippen molar-refractivity contribution in [2.45, 2.75) is 26.8 Å². The lowest BCUT2D eigenvalue weighted by Crippen LogP contribution is -2.08. The first-order valence-corrected chi connectivity index (χ1v) is 6.56. The van der Waals surface area contributed by atoms with Crippen molar-refractivity contribution >= 4 is 17.3 Å². The van der Waals surface area contributed by atoms with E-state index in [1.54, 1.807) is 7.11 Å². The van der Waals surface area contributed by atoms with Crippen LogP contribution in [0.3, 0.4) is 0 Å². The Labute approximate surface area is 118 Å². The maximum absolute atomic E-state index is 6.02. The number of hydrogen-bond donors (Lipinski definition) is 1. The minimum absolute atomic E-state index is 0.116. The van der Waals surface area contributed by atoms with E-state index in [0.29, 0.717) is 5.02 Å². The number of rotatable bonds is 4. The third-order valence-corrected chi connectivity index (χ3v) is 3.31. The molecule has 0 aliphatic heterocycles. The van der Waals surface area contributed by atoms with Gasteiger partial charge in [0.1, 0.15) is 17.3 Å². The monoisotopic (exact) mass is 279 g/mol. The predicted molar refractivity (Wildman–Crippen MR) is 78.2 cm³/mol. The highest BCUT2D eigenvalue weighted by Crippen LogP contribution is 2.32. The van der Waals surface area contributed by atoms with Crippen LogP contribution < -0.4 is 10.1 Å². The molecule has 0 saturated heterocycles. The van der Waals surface area contributed by atoms with Crippen molar-refractivity contribution in [3.05, 3.63) is 46.4 Å². The Kier molecular flexibility index (Phi) is 4.05. The van der Waals surface area contributed by atoms with Gasteiger partial charge >= 0.3 is 0 Å². The van der Waals surface area contributed by atoms with Gasteiger partial charge in [-0.1, -0.05) is 11.6 Å². The summed E-state index contributed by atoms with van der Waals surface area (Å²) in [7, 11) is 1.65. The number of aryl methyl sites for hydroxylation is 2. The summed E-state index contributed by atoms with van der Waals surface area (Å²) in [4.78, 5) is 0. The van der Waals surface area contributed by atoms with E-state index >= 15 is 0 Å². The van der Waals surface area contributed by atoms with E-state index in [1.165, 1.54) is 0 Å². The predicted octanol–water partition coefficient (Wildman–Crippen LogP) is 4.73. The maximum Gasteiger partial charge on any atom is 0.142 e. The van der Waals surface area contributed by atoms with Crippen LogP contribution in [0.25, 0.3) is 0 Å². The highest BCUT2D eigenvalue weighted by atomic mass is 35.5. The van der Waals surface area contributed by atoms with Crippen LogP contribution in [0.5, 0.6) is 5.75 Å². The molecule has 0 spiro atoms. The van der Waals surface area contributed by atoms with Gasteiger partial charge in [0, 0.05) is 10.6 Å². The molecule has 0 fully saturated rings. The van der Waals surface area contributed by atoms with Gasteiger partial charge in [0.05, 0.1) is 18.8 Å². The molecule has 19 heavy (non-hydrogen) atoms. The lowest BCUT2D eigenvalue weighted by atomic mass is 10.1. The van der Waals surface area contributed by atoms with E-state index in [2.05, 4.69) is 12.2 Å². The van der Waals surface area contributed by atoms with Crippen molar-refractivity contribution in [1.82, 2.24) is 0 Å². The fourth-order valence-electron chi connectivity index (χ4n) is 2.18. The zero-order chi connectivity index (χ0) is 14.0. The molecule has 0 aliphatic carbocycles. The Morgan fingerprint density at radius 1 is 1.26 bits per heavy atom. The van der Waals surface area contributed by atoms with Gasteiger partial charge in [-0.3, -0.25) is 0 Å². The molecule has 0 saturated carbocycles. The number of ether oxygens (including phenoxy) is 1. The SMILES string of the molecule is COc1ccc(Cl)cc1NC(C)c1cc(C)oc1C. The molecule has 3 nitrogen and oxygen atoms in total. The molecule has 0 aliphatic rings. The van der Waals surface area contributed by atoms with E-state index in [-0.39, 0.29) is 6.04 Å². The second kappa shape index (κ2) is 5.57. The van der Waals surface area contributed by atoms with Gasteiger partial charge in [-0.15, -0.1) is 0 Å². The minimum atomic E-state index is 0.116. The summed E-state index contributed by atoms with van der Waals surface area (Å²) in [6.07, 6.45) is 0. The summed E-state index contributed by atoms with van der Waals surface area (Å²) in [5.74, 6) is 2.62. The molecular formula is C15H18ClNO2. The molecule has 1 unspecified atom stereocenters. The molecular weight excluding hydrogens is 262 g/mol. The Morgan fingerprint density at radius 3 is 2.58 bits per heavy atom. The summed E-state index contributed by atoms with van der Waals surface area (Å²) < 4.78 is 10.9. The van der Waals surface area contributed by atoms with Crippen LogP contribution in [0.15, 0.2) is 28.7 Å². The number of furan rings is 1. The van der Waals surface area contributed by atoms with Crippen molar-refractivity contribution in [2.24, 2.45) is 0 Å². The van der Waals surface area contributed by atoms with Gasteiger partial charge in [-0.25, -0.2) is 0 Å². The van der Waals surface area contributed by atoms with E-state index < -0.39 is 0 Å². The third-order valence-electron chi connectivity index (χ3n) is 3.08. The average Bonchev–Trinajstić information content (AvgIpc) is 2.69. The standard InChI is InChI=1S/C15H18ClNO2/c1-9-7-13(11(3)19-9)10(2)17-14-8-12(16)5-6-15(14)18-4/h5-8,10,17H,1-4H3. The van der Waals surface area contributed by atoms with Crippen LogP contribution in [-0.4, -0.2) is 7.11 Å². The van der Waals surface area contributed by atoms with Crippen molar-refractivity contribution in [3.63, 3.8) is 0 Å². The van der Waals surface area contributed by atoms with Gasteiger partial charge in [-0.2, -0.15) is 0 Å². The summed E-state index contributed by atoms with van der Waals surface area (Å²) in [5, 5.41) is 4.08. The molecule has 102 valence electrons. The first-order valence-electron chi connectivity index (χ1n) is 6.18.